The first-order chi connectivity index (χ1) is 12.8. The molecular formula is C22H23NO2Si. The van der Waals surface area contributed by atoms with Crippen molar-refractivity contribution >= 4 is 30.1 Å². The number of rotatable bonds is 8. The molecule has 3 nitrogen and oxygen atoms in total. The van der Waals surface area contributed by atoms with Gasteiger partial charge in [-0.3, -0.25) is 10.5 Å². The van der Waals surface area contributed by atoms with E-state index in [1.807, 2.05) is 18.2 Å². The van der Waals surface area contributed by atoms with Crippen LogP contribution in [0.5, 0.6) is 0 Å². The summed E-state index contributed by atoms with van der Waals surface area (Å²) in [7, 11) is -2.29. The van der Waals surface area contributed by atoms with Crippen LogP contribution in [0.3, 0.4) is 0 Å². The average Bonchev–Trinajstić information content (AvgIpc) is 2.71. The summed E-state index contributed by atoms with van der Waals surface area (Å²) in [6.07, 6.45) is 0.0272. The van der Waals surface area contributed by atoms with Gasteiger partial charge < -0.3 is 4.74 Å². The molecule has 3 aromatic carbocycles. The lowest BCUT2D eigenvalue weighted by Gasteiger charge is -2.34. The summed E-state index contributed by atoms with van der Waals surface area (Å²) in [5.41, 5.74) is 5.99. The molecule has 0 aliphatic heterocycles. The van der Waals surface area contributed by atoms with Crippen LogP contribution in [0.25, 0.3) is 0 Å². The van der Waals surface area contributed by atoms with Crippen LogP contribution >= 0.6 is 0 Å². The van der Waals surface area contributed by atoms with Crippen LogP contribution in [0.4, 0.5) is 0 Å². The molecule has 26 heavy (non-hydrogen) atoms. The summed E-state index contributed by atoms with van der Waals surface area (Å²) in [6.45, 7) is 0.432. The topological polar surface area (TPSA) is 52.3 Å². The van der Waals surface area contributed by atoms with Gasteiger partial charge in [0.1, 0.15) is 14.3 Å². The standard InChI is InChI=1S/C22H23NO2Si/c23-22(25-18-24)16-17-26(19-10-4-1-5-11-19,20-12-6-2-7-13-20)21-14-8-3-9-15-21/h1-15,18,22H,16-17,23H2. The highest BCUT2D eigenvalue weighted by Crippen LogP contribution is 2.16. The summed E-state index contributed by atoms with van der Waals surface area (Å²) in [4.78, 5) is 10.7. The van der Waals surface area contributed by atoms with Crippen molar-refractivity contribution in [3.05, 3.63) is 91.0 Å². The summed E-state index contributed by atoms with van der Waals surface area (Å²) in [6, 6.07) is 32.8. The van der Waals surface area contributed by atoms with E-state index in [0.29, 0.717) is 12.9 Å². The van der Waals surface area contributed by atoms with Gasteiger partial charge in [-0.05, 0) is 28.0 Å². The van der Waals surface area contributed by atoms with Crippen molar-refractivity contribution in [3.63, 3.8) is 0 Å². The molecule has 0 amide bonds. The molecule has 4 heteroatoms. The lowest BCUT2D eigenvalue weighted by atomic mass is 10.3. The smallest absolute Gasteiger partial charge is 0.294 e. The van der Waals surface area contributed by atoms with Gasteiger partial charge in [-0.15, -0.1) is 0 Å². The van der Waals surface area contributed by atoms with Crippen molar-refractivity contribution in [1.82, 2.24) is 0 Å². The molecular weight excluding hydrogens is 338 g/mol. The van der Waals surface area contributed by atoms with E-state index in [-0.39, 0.29) is 0 Å². The molecule has 0 aliphatic carbocycles. The minimum atomic E-state index is -2.29. The molecule has 0 aromatic heterocycles. The Morgan fingerprint density at radius 3 is 1.50 bits per heavy atom. The van der Waals surface area contributed by atoms with Gasteiger partial charge in [0, 0.05) is 0 Å². The first-order valence-electron chi connectivity index (χ1n) is 8.78. The zero-order valence-corrected chi connectivity index (χ0v) is 15.6. The van der Waals surface area contributed by atoms with Crippen LogP contribution in [0.1, 0.15) is 6.42 Å². The van der Waals surface area contributed by atoms with Crippen LogP contribution in [-0.4, -0.2) is 20.8 Å². The molecule has 1 unspecified atom stereocenters. The zero-order chi connectivity index (χ0) is 18.2. The normalized spacial score (nSPS) is 12.3. The summed E-state index contributed by atoms with van der Waals surface area (Å²) in [5.74, 6) is 0. The molecule has 0 fully saturated rings. The van der Waals surface area contributed by atoms with Gasteiger partial charge in [0.25, 0.3) is 6.47 Å². The van der Waals surface area contributed by atoms with Gasteiger partial charge in [0.15, 0.2) is 0 Å². The van der Waals surface area contributed by atoms with E-state index in [1.165, 1.54) is 15.6 Å². The largest absolute Gasteiger partial charge is 0.449 e. The van der Waals surface area contributed by atoms with E-state index in [2.05, 4.69) is 72.8 Å². The van der Waals surface area contributed by atoms with Crippen molar-refractivity contribution in [2.75, 3.05) is 0 Å². The van der Waals surface area contributed by atoms with Gasteiger partial charge in [-0.25, -0.2) is 0 Å². The maximum atomic E-state index is 10.7. The third-order valence-corrected chi connectivity index (χ3v) is 9.83. The summed E-state index contributed by atoms with van der Waals surface area (Å²) >= 11 is 0. The molecule has 0 bridgehead atoms. The SMILES string of the molecule is NC(CC[Si](c1ccccc1)(c1ccccc1)c1ccccc1)OC=O. The second kappa shape index (κ2) is 8.60. The Bertz CT molecular complexity index is 713. The van der Waals surface area contributed by atoms with E-state index >= 15 is 0 Å². The number of benzene rings is 3. The average molecular weight is 362 g/mol. The third kappa shape index (κ3) is 3.77. The van der Waals surface area contributed by atoms with Crippen molar-refractivity contribution < 1.29 is 9.53 Å². The van der Waals surface area contributed by atoms with Crippen molar-refractivity contribution in [2.45, 2.75) is 18.7 Å². The van der Waals surface area contributed by atoms with Gasteiger partial charge in [-0.1, -0.05) is 91.0 Å². The maximum absolute atomic E-state index is 10.7. The third-order valence-electron chi connectivity index (χ3n) is 4.83. The monoisotopic (exact) mass is 361 g/mol. The molecule has 2 N–H and O–H groups in total. The fraction of sp³-hybridized carbons (Fsp3) is 0.136. The fourth-order valence-corrected chi connectivity index (χ4v) is 8.47. The lowest BCUT2D eigenvalue weighted by molar-refractivity contribution is -0.133. The van der Waals surface area contributed by atoms with Gasteiger partial charge >= 0.3 is 0 Å². The van der Waals surface area contributed by atoms with Crippen LogP contribution in [0.15, 0.2) is 91.0 Å². The maximum Gasteiger partial charge on any atom is 0.294 e. The predicted molar refractivity (Wildman–Crippen MR) is 109 cm³/mol. The van der Waals surface area contributed by atoms with Crippen LogP contribution in [-0.2, 0) is 9.53 Å². The van der Waals surface area contributed by atoms with Gasteiger partial charge in [0.2, 0.25) is 0 Å². The van der Waals surface area contributed by atoms with E-state index in [0.717, 1.165) is 6.04 Å². The zero-order valence-electron chi connectivity index (χ0n) is 14.6. The Morgan fingerprint density at radius 2 is 1.15 bits per heavy atom. The van der Waals surface area contributed by atoms with Crippen LogP contribution < -0.4 is 21.3 Å². The highest BCUT2D eigenvalue weighted by Gasteiger charge is 2.39. The molecule has 0 heterocycles. The van der Waals surface area contributed by atoms with Crippen molar-refractivity contribution in [1.29, 1.82) is 0 Å². The number of carbonyl (C=O) groups excluding carboxylic acids is 1. The van der Waals surface area contributed by atoms with Crippen molar-refractivity contribution in [3.8, 4) is 0 Å². The minimum absolute atomic E-state index is 0.432. The first-order valence-corrected chi connectivity index (χ1v) is 11.0. The van der Waals surface area contributed by atoms with Crippen molar-refractivity contribution in [2.24, 2.45) is 5.73 Å². The Morgan fingerprint density at radius 1 is 0.769 bits per heavy atom. The van der Waals surface area contributed by atoms with E-state index in [4.69, 9.17) is 10.5 Å². The first kappa shape index (κ1) is 18.1. The lowest BCUT2D eigenvalue weighted by Crippen LogP contribution is -2.67. The number of carbonyl (C=O) groups is 1. The highest BCUT2D eigenvalue weighted by atomic mass is 28.3. The summed E-state index contributed by atoms with van der Waals surface area (Å²) in [5, 5.41) is 3.99. The second-order valence-electron chi connectivity index (χ2n) is 6.31. The molecule has 0 saturated carbocycles. The number of ether oxygens (including phenoxy) is 1. The van der Waals surface area contributed by atoms with Gasteiger partial charge in [0.05, 0.1) is 0 Å². The molecule has 0 radical (unpaired) electrons. The van der Waals surface area contributed by atoms with Crippen LogP contribution in [0, 0.1) is 0 Å². The molecule has 132 valence electrons. The van der Waals surface area contributed by atoms with E-state index in [1.54, 1.807) is 0 Å². The quantitative estimate of drug-likeness (QED) is 0.289. The Kier molecular flexibility index (Phi) is 5.99. The molecule has 3 aromatic rings. The molecule has 0 spiro atoms. The predicted octanol–water partition coefficient (Wildman–Crippen LogP) is 2.00. The number of hydrogen-bond donors (Lipinski definition) is 1. The summed E-state index contributed by atoms with van der Waals surface area (Å²) < 4.78 is 4.96. The van der Waals surface area contributed by atoms with E-state index in [9.17, 15) is 4.79 Å². The molecule has 0 aliphatic rings. The van der Waals surface area contributed by atoms with Crippen LogP contribution in [0.2, 0.25) is 6.04 Å². The Balaban J connectivity index is 2.16. The Hall–Kier alpha value is -2.69. The molecule has 0 saturated heterocycles. The second-order valence-corrected chi connectivity index (χ2v) is 10.4. The molecule has 3 rings (SSSR count). The fourth-order valence-electron chi connectivity index (χ4n) is 3.60. The minimum Gasteiger partial charge on any atom is -0.449 e. The number of hydrogen-bond acceptors (Lipinski definition) is 3. The van der Waals surface area contributed by atoms with Gasteiger partial charge in [-0.2, -0.15) is 0 Å². The Labute approximate surface area is 155 Å². The van der Waals surface area contributed by atoms with E-state index < -0.39 is 14.3 Å². The highest BCUT2D eigenvalue weighted by molar-refractivity contribution is 7.11. The number of nitrogens with two attached hydrogens (primary N) is 1. The molecule has 1 atom stereocenters.